The number of ether oxygens (including phenoxy) is 3. The molecule has 0 saturated heterocycles. The van der Waals surface area contributed by atoms with E-state index in [0.717, 1.165) is 6.92 Å². The van der Waals surface area contributed by atoms with E-state index < -0.39 is 18.5 Å². The fourth-order valence-corrected chi connectivity index (χ4v) is 1.57. The number of carboxylic acid groups (broad SMARTS) is 1. The van der Waals surface area contributed by atoms with Crippen molar-refractivity contribution in [2.45, 2.75) is 34.6 Å². The topological polar surface area (TPSA) is 99.1 Å². The summed E-state index contributed by atoms with van der Waals surface area (Å²) in [5, 5.41) is 7.89. The number of hydrogen-bond donors (Lipinski definition) is 1. The number of carbonyl (C=O) groups excluding carboxylic acids is 2. The molecule has 29 heavy (non-hydrogen) atoms. The Labute approximate surface area is 172 Å². The highest BCUT2D eigenvalue weighted by atomic mass is 16.5. The van der Waals surface area contributed by atoms with Gasteiger partial charge in [-0.05, 0) is 24.3 Å². The van der Waals surface area contributed by atoms with Crippen molar-refractivity contribution < 1.29 is 33.7 Å². The van der Waals surface area contributed by atoms with Gasteiger partial charge in [-0.3, -0.25) is 4.79 Å². The summed E-state index contributed by atoms with van der Waals surface area (Å²) in [4.78, 5) is 31.2. The number of aliphatic carboxylic acids is 1. The average molecular weight is 406 g/mol. The number of hydrogen-bond acceptors (Lipinski definition) is 6. The van der Waals surface area contributed by atoms with Gasteiger partial charge < -0.3 is 19.3 Å². The van der Waals surface area contributed by atoms with Crippen LogP contribution in [0, 0.1) is 0 Å². The van der Waals surface area contributed by atoms with Crippen molar-refractivity contribution >= 4 is 17.9 Å². The van der Waals surface area contributed by atoms with Crippen molar-refractivity contribution in [1.29, 1.82) is 0 Å². The standard InChI is InChI=1S/C14H12O3.C4H6O4.2C2H6/c1-16-12-8-5-9-13(10-12)17-14(15)11-6-3-2-4-7-11;1-3(5)8-2-4(6)7;2*1-2/h2-10H,1H3;2H2,1H3,(H,6,7);2*1-2H3. The van der Waals surface area contributed by atoms with Gasteiger partial charge in [0, 0.05) is 13.0 Å². The molecule has 0 heterocycles. The minimum absolute atomic E-state index is 0.376. The van der Waals surface area contributed by atoms with E-state index in [9.17, 15) is 14.4 Å². The van der Waals surface area contributed by atoms with Crippen LogP contribution in [0.1, 0.15) is 45.0 Å². The molecular weight excluding hydrogens is 376 g/mol. The van der Waals surface area contributed by atoms with Crippen molar-refractivity contribution in [1.82, 2.24) is 0 Å². The van der Waals surface area contributed by atoms with Gasteiger partial charge in [-0.1, -0.05) is 52.0 Å². The molecule has 0 unspecified atom stereocenters. The van der Waals surface area contributed by atoms with Crippen LogP contribution >= 0.6 is 0 Å². The maximum Gasteiger partial charge on any atom is 0.343 e. The van der Waals surface area contributed by atoms with Crippen molar-refractivity contribution in [2.75, 3.05) is 13.7 Å². The van der Waals surface area contributed by atoms with Crippen LogP contribution in [0.5, 0.6) is 11.5 Å². The first-order valence-electron chi connectivity index (χ1n) is 9.19. The second-order valence-electron chi connectivity index (χ2n) is 4.61. The van der Waals surface area contributed by atoms with E-state index in [1.54, 1.807) is 55.6 Å². The lowest BCUT2D eigenvalue weighted by Gasteiger charge is -2.05. The lowest BCUT2D eigenvalue weighted by atomic mass is 10.2. The van der Waals surface area contributed by atoms with Gasteiger partial charge in [0.05, 0.1) is 12.7 Å². The Hall–Kier alpha value is -3.35. The zero-order valence-electron chi connectivity index (χ0n) is 17.8. The highest BCUT2D eigenvalue weighted by Gasteiger charge is 2.07. The Balaban J connectivity index is 0. The first-order valence-corrected chi connectivity index (χ1v) is 9.19. The third-order valence-electron chi connectivity index (χ3n) is 2.66. The van der Waals surface area contributed by atoms with Gasteiger partial charge >= 0.3 is 17.9 Å². The molecule has 0 radical (unpaired) electrons. The Morgan fingerprint density at radius 3 is 1.86 bits per heavy atom. The molecule has 160 valence electrons. The molecular formula is C22H30O7. The molecule has 0 atom stereocenters. The maximum absolute atomic E-state index is 11.8. The van der Waals surface area contributed by atoms with E-state index in [4.69, 9.17) is 14.6 Å². The van der Waals surface area contributed by atoms with E-state index in [0.29, 0.717) is 17.1 Å². The summed E-state index contributed by atoms with van der Waals surface area (Å²) < 4.78 is 14.3. The normalized spacial score (nSPS) is 8.34. The molecule has 0 saturated carbocycles. The number of benzene rings is 2. The van der Waals surface area contributed by atoms with Gasteiger partial charge in [0.1, 0.15) is 11.5 Å². The molecule has 7 nitrogen and oxygen atoms in total. The van der Waals surface area contributed by atoms with E-state index in [1.807, 2.05) is 33.8 Å². The Morgan fingerprint density at radius 1 is 0.862 bits per heavy atom. The third kappa shape index (κ3) is 14.4. The van der Waals surface area contributed by atoms with Crippen LogP contribution in [-0.2, 0) is 14.3 Å². The van der Waals surface area contributed by atoms with Gasteiger partial charge in [-0.25, -0.2) is 9.59 Å². The van der Waals surface area contributed by atoms with Crippen LogP contribution in [0.3, 0.4) is 0 Å². The number of rotatable bonds is 5. The minimum Gasteiger partial charge on any atom is -0.497 e. The van der Waals surface area contributed by atoms with Crippen LogP contribution in [0.15, 0.2) is 54.6 Å². The lowest BCUT2D eigenvalue weighted by molar-refractivity contribution is -0.153. The summed E-state index contributed by atoms with van der Waals surface area (Å²) in [5.41, 5.74) is 0.523. The van der Waals surface area contributed by atoms with E-state index >= 15 is 0 Å². The van der Waals surface area contributed by atoms with Crippen LogP contribution in [-0.4, -0.2) is 36.7 Å². The van der Waals surface area contributed by atoms with Gasteiger partial charge in [0.2, 0.25) is 0 Å². The molecule has 1 N–H and O–H groups in total. The number of methoxy groups -OCH3 is 1. The molecule has 0 bridgehead atoms. The van der Waals surface area contributed by atoms with Crippen molar-refractivity contribution in [3.8, 4) is 11.5 Å². The largest absolute Gasteiger partial charge is 0.497 e. The van der Waals surface area contributed by atoms with Gasteiger partial charge in [-0.15, -0.1) is 0 Å². The number of carbonyl (C=O) groups is 3. The molecule has 7 heteroatoms. The van der Waals surface area contributed by atoms with E-state index in [1.165, 1.54) is 0 Å². The van der Waals surface area contributed by atoms with Gasteiger partial charge in [0.15, 0.2) is 6.61 Å². The van der Waals surface area contributed by atoms with Crippen LogP contribution in [0.4, 0.5) is 0 Å². The summed E-state index contributed by atoms with van der Waals surface area (Å²) in [6, 6.07) is 15.8. The van der Waals surface area contributed by atoms with Crippen molar-refractivity contribution in [3.63, 3.8) is 0 Å². The number of carboxylic acids is 1. The predicted octanol–water partition coefficient (Wildman–Crippen LogP) is 4.60. The van der Waals surface area contributed by atoms with Gasteiger partial charge in [-0.2, -0.15) is 0 Å². The smallest absolute Gasteiger partial charge is 0.343 e. The van der Waals surface area contributed by atoms with Crippen LogP contribution in [0.2, 0.25) is 0 Å². The SMILES string of the molecule is CC.CC.CC(=O)OCC(=O)O.COc1cccc(OC(=O)c2ccccc2)c1. The molecule has 0 aliphatic heterocycles. The molecule has 0 spiro atoms. The summed E-state index contributed by atoms with van der Waals surface area (Å²) in [7, 11) is 1.57. The molecule has 0 amide bonds. The second-order valence-corrected chi connectivity index (χ2v) is 4.61. The molecule has 0 aromatic heterocycles. The van der Waals surface area contributed by atoms with Crippen molar-refractivity contribution in [3.05, 3.63) is 60.2 Å². The summed E-state index contributed by atoms with van der Waals surface area (Å²) in [5.74, 6) is -0.965. The molecule has 2 aromatic rings. The Kier molecular flexibility index (Phi) is 17.3. The highest BCUT2D eigenvalue weighted by Crippen LogP contribution is 2.19. The van der Waals surface area contributed by atoms with E-state index in [-0.39, 0.29) is 5.97 Å². The number of esters is 2. The molecule has 2 aromatic carbocycles. The zero-order valence-corrected chi connectivity index (χ0v) is 17.8. The lowest BCUT2D eigenvalue weighted by Crippen LogP contribution is -2.09. The monoisotopic (exact) mass is 406 g/mol. The Bertz CT molecular complexity index is 698. The zero-order chi connectivity index (χ0) is 22.7. The average Bonchev–Trinajstić information content (AvgIpc) is 2.76. The summed E-state index contributed by atoms with van der Waals surface area (Å²) in [6.45, 7) is 8.61. The third-order valence-corrected chi connectivity index (χ3v) is 2.66. The highest BCUT2D eigenvalue weighted by molar-refractivity contribution is 5.91. The summed E-state index contributed by atoms with van der Waals surface area (Å²) >= 11 is 0. The van der Waals surface area contributed by atoms with Crippen LogP contribution in [0.25, 0.3) is 0 Å². The molecule has 2 rings (SSSR count). The first kappa shape index (κ1) is 27.9. The molecule has 0 fully saturated rings. The molecule has 0 aliphatic carbocycles. The fraction of sp³-hybridized carbons (Fsp3) is 0.318. The second kappa shape index (κ2) is 18.0. The van der Waals surface area contributed by atoms with Gasteiger partial charge in [0.25, 0.3) is 0 Å². The predicted molar refractivity (Wildman–Crippen MR) is 111 cm³/mol. The fourth-order valence-electron chi connectivity index (χ4n) is 1.57. The quantitative estimate of drug-likeness (QED) is 0.572. The van der Waals surface area contributed by atoms with Crippen molar-refractivity contribution in [2.24, 2.45) is 0 Å². The maximum atomic E-state index is 11.8. The summed E-state index contributed by atoms with van der Waals surface area (Å²) in [6.07, 6.45) is 0. The Morgan fingerprint density at radius 2 is 1.41 bits per heavy atom. The van der Waals surface area contributed by atoms with Crippen LogP contribution < -0.4 is 9.47 Å². The first-order chi connectivity index (χ1) is 13.9. The molecule has 0 aliphatic rings. The van der Waals surface area contributed by atoms with E-state index in [2.05, 4.69) is 4.74 Å². The minimum atomic E-state index is -1.14.